The molecular weight excluding hydrogens is 352 g/mol. The first-order valence-electron chi connectivity index (χ1n) is 9.41. The van der Waals surface area contributed by atoms with Crippen molar-refractivity contribution in [3.8, 4) is 0 Å². The molecule has 1 rings (SSSR count). The topological polar surface area (TPSA) is 142 Å². The number of carbonyl (C=O) groups excluding carboxylic acids is 3. The predicted molar refractivity (Wildman–Crippen MR) is 99.6 cm³/mol. The van der Waals surface area contributed by atoms with Crippen LogP contribution in [-0.4, -0.2) is 64.9 Å². The van der Waals surface area contributed by atoms with Crippen molar-refractivity contribution >= 4 is 23.7 Å². The van der Waals surface area contributed by atoms with E-state index in [2.05, 4.69) is 10.6 Å². The van der Waals surface area contributed by atoms with Crippen LogP contribution in [0.3, 0.4) is 0 Å². The van der Waals surface area contributed by atoms with Gasteiger partial charge in [0.25, 0.3) is 0 Å². The smallest absolute Gasteiger partial charge is 0.326 e. The number of carboxylic acids is 1. The molecule has 154 valence electrons. The number of nitrogens with two attached hydrogens (primary N) is 1. The van der Waals surface area contributed by atoms with Crippen LogP contribution < -0.4 is 16.4 Å². The maximum absolute atomic E-state index is 12.9. The number of nitrogens with zero attached hydrogens (tertiary/aromatic N) is 1. The Kier molecular flexibility index (Phi) is 8.68. The van der Waals surface area contributed by atoms with E-state index in [0.717, 1.165) is 0 Å². The van der Waals surface area contributed by atoms with E-state index in [1.54, 1.807) is 13.8 Å². The molecule has 0 aliphatic carbocycles. The number of likely N-dealkylation sites (tertiary alicyclic amines) is 1. The summed E-state index contributed by atoms with van der Waals surface area (Å²) in [6.45, 7) is 7.51. The summed E-state index contributed by atoms with van der Waals surface area (Å²) in [4.78, 5) is 50.0. The second kappa shape index (κ2) is 10.2. The van der Waals surface area contributed by atoms with Gasteiger partial charge in [0.15, 0.2) is 0 Å². The Morgan fingerprint density at radius 1 is 1.15 bits per heavy atom. The van der Waals surface area contributed by atoms with Crippen molar-refractivity contribution in [1.29, 1.82) is 0 Å². The molecule has 0 spiro atoms. The van der Waals surface area contributed by atoms with Gasteiger partial charge in [0.2, 0.25) is 17.7 Å². The van der Waals surface area contributed by atoms with Crippen LogP contribution in [0.5, 0.6) is 0 Å². The van der Waals surface area contributed by atoms with Crippen molar-refractivity contribution in [3.05, 3.63) is 0 Å². The molecule has 1 fully saturated rings. The molecule has 9 heteroatoms. The Hall–Kier alpha value is -2.16. The fourth-order valence-electron chi connectivity index (χ4n) is 3.19. The van der Waals surface area contributed by atoms with E-state index >= 15 is 0 Å². The Labute approximate surface area is 160 Å². The molecule has 3 amide bonds. The number of rotatable bonds is 9. The molecular formula is C18H32N4O5. The third-order valence-electron chi connectivity index (χ3n) is 4.59. The molecule has 0 aromatic rings. The minimum absolute atomic E-state index is 0.101. The average molecular weight is 384 g/mol. The molecule has 0 bridgehead atoms. The maximum Gasteiger partial charge on any atom is 0.326 e. The zero-order valence-electron chi connectivity index (χ0n) is 16.5. The largest absolute Gasteiger partial charge is 0.480 e. The Morgan fingerprint density at radius 2 is 1.78 bits per heavy atom. The fraction of sp³-hybridized carbons (Fsp3) is 0.778. The van der Waals surface area contributed by atoms with Crippen LogP contribution in [0.4, 0.5) is 0 Å². The lowest BCUT2D eigenvalue weighted by atomic mass is 10.0. The minimum Gasteiger partial charge on any atom is -0.480 e. The van der Waals surface area contributed by atoms with Gasteiger partial charge in [0, 0.05) is 6.54 Å². The molecule has 1 heterocycles. The van der Waals surface area contributed by atoms with Crippen molar-refractivity contribution in [2.45, 2.75) is 65.1 Å². The monoisotopic (exact) mass is 384 g/mol. The Balaban J connectivity index is 2.88. The first kappa shape index (κ1) is 22.9. The van der Waals surface area contributed by atoms with E-state index in [1.165, 1.54) is 4.90 Å². The number of carbonyl (C=O) groups is 4. The van der Waals surface area contributed by atoms with Crippen LogP contribution in [0.15, 0.2) is 0 Å². The summed E-state index contributed by atoms with van der Waals surface area (Å²) in [6, 6.07) is -2.50. The number of aliphatic carboxylic acids is 1. The van der Waals surface area contributed by atoms with Gasteiger partial charge in [0.05, 0.1) is 6.54 Å². The third-order valence-corrected chi connectivity index (χ3v) is 4.59. The highest BCUT2D eigenvalue weighted by molar-refractivity contribution is 5.94. The van der Waals surface area contributed by atoms with E-state index in [1.807, 2.05) is 13.8 Å². The van der Waals surface area contributed by atoms with E-state index < -0.39 is 35.9 Å². The minimum atomic E-state index is -1.09. The highest BCUT2D eigenvalue weighted by Crippen LogP contribution is 2.21. The van der Waals surface area contributed by atoms with Crippen molar-refractivity contribution in [3.63, 3.8) is 0 Å². The van der Waals surface area contributed by atoms with Crippen molar-refractivity contribution in [2.24, 2.45) is 17.6 Å². The van der Waals surface area contributed by atoms with Crippen LogP contribution in [0.1, 0.15) is 47.0 Å². The van der Waals surface area contributed by atoms with E-state index in [-0.39, 0.29) is 24.3 Å². The molecule has 0 radical (unpaired) electrons. The molecule has 5 N–H and O–H groups in total. The average Bonchev–Trinajstić information content (AvgIpc) is 3.07. The van der Waals surface area contributed by atoms with Crippen molar-refractivity contribution in [1.82, 2.24) is 15.5 Å². The summed E-state index contributed by atoms with van der Waals surface area (Å²) >= 11 is 0. The predicted octanol–water partition coefficient (Wildman–Crippen LogP) is -0.308. The molecule has 9 nitrogen and oxygen atoms in total. The number of amides is 3. The zero-order valence-corrected chi connectivity index (χ0v) is 16.5. The number of carboxylic acid groups (broad SMARTS) is 1. The summed E-state index contributed by atoms with van der Waals surface area (Å²) in [6.07, 6.45) is 1.41. The number of hydrogen-bond acceptors (Lipinski definition) is 5. The Morgan fingerprint density at radius 3 is 2.26 bits per heavy atom. The summed E-state index contributed by atoms with van der Waals surface area (Å²) in [7, 11) is 0. The summed E-state index contributed by atoms with van der Waals surface area (Å²) < 4.78 is 0. The Bertz CT molecular complexity index is 564. The lowest BCUT2D eigenvalue weighted by molar-refractivity contribution is -0.145. The quantitative estimate of drug-likeness (QED) is 0.430. The molecule has 0 aromatic heterocycles. The lowest BCUT2D eigenvalue weighted by Gasteiger charge is -2.31. The van der Waals surface area contributed by atoms with E-state index in [4.69, 9.17) is 5.73 Å². The second-order valence-corrected chi connectivity index (χ2v) is 7.71. The van der Waals surface area contributed by atoms with Gasteiger partial charge in [-0.15, -0.1) is 0 Å². The SMILES string of the molecule is CC(C)CC(NC(=O)C1CCCN1C(=O)C(NC(=O)CN)C(C)C)C(=O)O. The van der Waals surface area contributed by atoms with Gasteiger partial charge in [0.1, 0.15) is 18.1 Å². The van der Waals surface area contributed by atoms with Gasteiger partial charge in [-0.2, -0.15) is 0 Å². The van der Waals surface area contributed by atoms with Crippen LogP contribution in [-0.2, 0) is 19.2 Å². The van der Waals surface area contributed by atoms with Crippen molar-refractivity contribution in [2.75, 3.05) is 13.1 Å². The van der Waals surface area contributed by atoms with Gasteiger partial charge in [-0.25, -0.2) is 4.79 Å². The standard InChI is InChI=1S/C18H32N4O5/c1-10(2)8-12(18(26)27)20-16(24)13-6-5-7-22(13)17(25)15(11(3)4)21-14(23)9-19/h10-13,15H,5-9,19H2,1-4H3,(H,20,24)(H,21,23)(H,26,27). The van der Waals surface area contributed by atoms with E-state index in [9.17, 15) is 24.3 Å². The summed E-state index contributed by atoms with van der Waals surface area (Å²) in [5.41, 5.74) is 5.32. The molecule has 1 aliphatic rings. The summed E-state index contributed by atoms with van der Waals surface area (Å²) in [5, 5.41) is 14.5. The van der Waals surface area contributed by atoms with Crippen LogP contribution in [0, 0.1) is 11.8 Å². The molecule has 3 atom stereocenters. The first-order chi connectivity index (χ1) is 12.6. The number of hydrogen-bond donors (Lipinski definition) is 4. The van der Waals surface area contributed by atoms with Gasteiger partial charge in [-0.05, 0) is 31.1 Å². The molecule has 0 saturated carbocycles. The molecule has 1 aliphatic heterocycles. The van der Waals surface area contributed by atoms with E-state index in [0.29, 0.717) is 25.8 Å². The van der Waals surface area contributed by atoms with Crippen LogP contribution >= 0.6 is 0 Å². The summed E-state index contributed by atoms with van der Waals surface area (Å²) in [5.74, 6) is -2.43. The maximum atomic E-state index is 12.9. The highest BCUT2D eigenvalue weighted by Gasteiger charge is 2.39. The normalized spacial score (nSPS) is 19.1. The molecule has 1 saturated heterocycles. The van der Waals surface area contributed by atoms with Gasteiger partial charge >= 0.3 is 5.97 Å². The lowest BCUT2D eigenvalue weighted by Crippen LogP contribution is -2.57. The van der Waals surface area contributed by atoms with Crippen LogP contribution in [0.25, 0.3) is 0 Å². The third kappa shape index (κ3) is 6.50. The fourth-order valence-corrected chi connectivity index (χ4v) is 3.19. The molecule has 3 unspecified atom stereocenters. The molecule has 27 heavy (non-hydrogen) atoms. The van der Waals surface area contributed by atoms with Gasteiger partial charge in [-0.3, -0.25) is 14.4 Å². The van der Waals surface area contributed by atoms with Crippen LogP contribution in [0.2, 0.25) is 0 Å². The number of nitrogens with one attached hydrogen (secondary N) is 2. The highest BCUT2D eigenvalue weighted by atomic mass is 16.4. The molecule has 0 aromatic carbocycles. The van der Waals surface area contributed by atoms with Gasteiger partial charge < -0.3 is 26.4 Å². The van der Waals surface area contributed by atoms with Gasteiger partial charge in [-0.1, -0.05) is 27.7 Å². The second-order valence-electron chi connectivity index (χ2n) is 7.71. The zero-order chi connectivity index (χ0) is 20.7. The first-order valence-corrected chi connectivity index (χ1v) is 9.41. The van der Waals surface area contributed by atoms with Crippen molar-refractivity contribution < 1.29 is 24.3 Å².